The minimum Gasteiger partial charge on any atom is -0.391 e. The van der Waals surface area contributed by atoms with Crippen molar-refractivity contribution in [2.45, 2.75) is 25.5 Å². The number of rotatable bonds is 3. The third-order valence-corrected chi connectivity index (χ3v) is 4.45. The van der Waals surface area contributed by atoms with Crippen LogP contribution in [-0.2, 0) is 4.79 Å². The lowest BCUT2D eigenvalue weighted by atomic mass is 10.1. The second kappa shape index (κ2) is 5.72. The van der Waals surface area contributed by atoms with Crippen molar-refractivity contribution in [3.05, 3.63) is 42.6 Å². The summed E-state index contributed by atoms with van der Waals surface area (Å²) in [4.78, 5) is 26.3. The highest BCUT2D eigenvalue weighted by Crippen LogP contribution is 2.32. The van der Waals surface area contributed by atoms with Crippen molar-refractivity contribution in [3.8, 4) is 11.4 Å². The van der Waals surface area contributed by atoms with E-state index < -0.39 is 6.10 Å². The summed E-state index contributed by atoms with van der Waals surface area (Å²) >= 11 is 0. The maximum Gasteiger partial charge on any atom is 0.163 e. The molecule has 24 heavy (non-hydrogen) atoms. The molecule has 0 spiro atoms. The molecule has 1 aliphatic rings. The first-order valence-electron chi connectivity index (χ1n) is 7.99. The first kappa shape index (κ1) is 14.8. The van der Waals surface area contributed by atoms with E-state index in [1.165, 1.54) is 0 Å². The smallest absolute Gasteiger partial charge is 0.163 e. The molecule has 3 heterocycles. The number of carbonyl (C=O) groups excluding carboxylic acids is 1. The van der Waals surface area contributed by atoms with Crippen LogP contribution >= 0.6 is 0 Å². The van der Waals surface area contributed by atoms with Crippen LogP contribution in [0.1, 0.15) is 13.3 Å². The van der Waals surface area contributed by atoms with E-state index in [0.717, 1.165) is 16.6 Å². The van der Waals surface area contributed by atoms with Crippen LogP contribution in [-0.4, -0.2) is 44.5 Å². The van der Waals surface area contributed by atoms with Crippen molar-refractivity contribution < 1.29 is 9.90 Å². The Morgan fingerprint density at radius 3 is 2.79 bits per heavy atom. The van der Waals surface area contributed by atoms with E-state index in [9.17, 15) is 9.90 Å². The quantitative estimate of drug-likeness (QED) is 0.772. The number of anilines is 1. The second-order valence-electron chi connectivity index (χ2n) is 6.15. The predicted molar refractivity (Wildman–Crippen MR) is 91.8 cm³/mol. The molecule has 122 valence electrons. The van der Waals surface area contributed by atoms with Crippen LogP contribution < -0.4 is 4.90 Å². The number of aliphatic hydroxyl groups excluding tert-OH is 1. The fraction of sp³-hybridized carbons (Fsp3) is 0.278. The van der Waals surface area contributed by atoms with E-state index >= 15 is 0 Å². The highest BCUT2D eigenvalue weighted by atomic mass is 16.3. The van der Waals surface area contributed by atoms with E-state index in [0.29, 0.717) is 24.6 Å². The van der Waals surface area contributed by atoms with Gasteiger partial charge in [-0.15, -0.1) is 0 Å². The summed E-state index contributed by atoms with van der Waals surface area (Å²) in [5.41, 5.74) is 1.64. The second-order valence-corrected chi connectivity index (χ2v) is 6.15. The third-order valence-electron chi connectivity index (χ3n) is 4.45. The van der Waals surface area contributed by atoms with Gasteiger partial charge in [-0.25, -0.2) is 9.97 Å². The van der Waals surface area contributed by atoms with E-state index in [4.69, 9.17) is 4.98 Å². The highest BCUT2D eigenvalue weighted by molar-refractivity contribution is 5.93. The molecule has 0 unspecified atom stereocenters. The Morgan fingerprint density at radius 2 is 2.04 bits per heavy atom. The van der Waals surface area contributed by atoms with Gasteiger partial charge in [0.2, 0.25) is 0 Å². The molecular weight excluding hydrogens is 304 g/mol. The lowest BCUT2D eigenvalue weighted by Crippen LogP contribution is -2.35. The van der Waals surface area contributed by atoms with Gasteiger partial charge in [-0.1, -0.05) is 30.3 Å². The Labute approximate surface area is 139 Å². The predicted octanol–water partition coefficient (Wildman–Crippen LogP) is 2.15. The normalized spacial score (nSPS) is 20.7. The molecule has 6 heteroatoms. The minimum atomic E-state index is -0.525. The number of aromatic nitrogens is 3. The van der Waals surface area contributed by atoms with Crippen molar-refractivity contribution in [1.29, 1.82) is 0 Å². The molecule has 0 aliphatic carbocycles. The van der Waals surface area contributed by atoms with Gasteiger partial charge in [0.05, 0.1) is 17.5 Å². The van der Waals surface area contributed by atoms with Crippen molar-refractivity contribution >= 4 is 22.6 Å². The summed E-state index contributed by atoms with van der Waals surface area (Å²) in [5, 5.41) is 10.9. The molecule has 1 fully saturated rings. The molecule has 4 rings (SSSR count). The number of Topliss-reactive ketones (excluding diaryl/α,β-unsaturated/α-hetero) is 1. The molecule has 1 saturated heterocycles. The number of aromatic amines is 1. The fourth-order valence-electron chi connectivity index (χ4n) is 3.29. The average Bonchev–Trinajstić information content (AvgIpc) is 3.21. The maximum atomic E-state index is 12.0. The minimum absolute atomic E-state index is 0.0371. The molecule has 2 atom stereocenters. The number of aliphatic hydroxyl groups is 1. The van der Waals surface area contributed by atoms with E-state index in [-0.39, 0.29) is 11.8 Å². The first-order chi connectivity index (χ1) is 11.6. The molecule has 0 saturated carbocycles. The lowest BCUT2D eigenvalue weighted by Gasteiger charge is -2.24. The average molecular weight is 322 g/mol. The number of ketones is 1. The SMILES string of the molecule is CC(=O)[C@@H]1C[C@H](O)CN1c1nc(-c2ccccc2)nc2[nH]ccc12. The van der Waals surface area contributed by atoms with Crippen molar-refractivity contribution in [2.24, 2.45) is 0 Å². The molecule has 1 aliphatic heterocycles. The standard InChI is InChI=1S/C18H18N4O2/c1-11(23)15-9-13(24)10-22(15)18-14-7-8-19-17(14)20-16(21-18)12-5-3-2-4-6-12/h2-8,13,15,24H,9-10H2,1H3,(H,19,20,21)/t13-,15-/m0/s1. The van der Waals surface area contributed by atoms with Crippen LogP contribution in [0.15, 0.2) is 42.6 Å². The topological polar surface area (TPSA) is 82.1 Å². The van der Waals surface area contributed by atoms with Gasteiger partial charge >= 0.3 is 0 Å². The van der Waals surface area contributed by atoms with Crippen molar-refractivity contribution in [2.75, 3.05) is 11.4 Å². The van der Waals surface area contributed by atoms with Crippen LogP contribution in [0.3, 0.4) is 0 Å². The van der Waals surface area contributed by atoms with Crippen LogP contribution in [0.4, 0.5) is 5.82 Å². The number of β-amino-alcohol motifs (C(OH)–C–C–N with tert-alkyl or cyclic N) is 1. The zero-order valence-electron chi connectivity index (χ0n) is 13.3. The van der Waals surface area contributed by atoms with Crippen LogP contribution in [0, 0.1) is 0 Å². The monoisotopic (exact) mass is 322 g/mol. The van der Waals surface area contributed by atoms with E-state index in [1.807, 2.05) is 47.5 Å². The molecule has 1 aromatic carbocycles. The van der Waals surface area contributed by atoms with Crippen molar-refractivity contribution in [1.82, 2.24) is 15.0 Å². The number of hydrogen-bond acceptors (Lipinski definition) is 5. The fourth-order valence-corrected chi connectivity index (χ4v) is 3.29. The molecule has 0 radical (unpaired) electrons. The van der Waals surface area contributed by atoms with Gasteiger partial charge in [0.25, 0.3) is 0 Å². The zero-order chi connectivity index (χ0) is 16.7. The Bertz CT molecular complexity index is 890. The van der Waals surface area contributed by atoms with Gasteiger partial charge in [0.15, 0.2) is 11.6 Å². The van der Waals surface area contributed by atoms with Crippen LogP contribution in [0.5, 0.6) is 0 Å². The first-order valence-corrected chi connectivity index (χ1v) is 7.99. The van der Waals surface area contributed by atoms with E-state index in [1.54, 1.807) is 6.92 Å². The number of fused-ring (bicyclic) bond motifs is 1. The van der Waals surface area contributed by atoms with Crippen LogP contribution in [0.25, 0.3) is 22.4 Å². The molecule has 3 aromatic rings. The molecule has 0 bridgehead atoms. The lowest BCUT2D eigenvalue weighted by molar-refractivity contribution is -0.118. The maximum absolute atomic E-state index is 12.0. The third kappa shape index (κ3) is 2.45. The van der Waals surface area contributed by atoms with Gasteiger partial charge in [-0.05, 0) is 13.0 Å². The number of nitrogens with zero attached hydrogens (tertiary/aromatic N) is 3. The van der Waals surface area contributed by atoms with Gasteiger partial charge < -0.3 is 15.0 Å². The molecule has 2 N–H and O–H groups in total. The number of H-pyrrole nitrogens is 1. The molecule has 2 aromatic heterocycles. The summed E-state index contributed by atoms with van der Waals surface area (Å²) in [6.45, 7) is 1.96. The highest BCUT2D eigenvalue weighted by Gasteiger charge is 2.36. The Balaban J connectivity index is 1.88. The summed E-state index contributed by atoms with van der Waals surface area (Å²) in [6.07, 6.45) is 1.72. The Hall–Kier alpha value is -2.73. The Kier molecular flexibility index (Phi) is 3.54. The number of hydrogen-bond donors (Lipinski definition) is 2. The Morgan fingerprint density at radius 1 is 1.25 bits per heavy atom. The van der Waals surface area contributed by atoms with Gasteiger partial charge in [0, 0.05) is 24.7 Å². The molecular formula is C18H18N4O2. The summed E-state index contributed by atoms with van der Waals surface area (Å²) in [6, 6.07) is 11.3. The summed E-state index contributed by atoms with van der Waals surface area (Å²) in [7, 11) is 0. The number of nitrogens with one attached hydrogen (secondary N) is 1. The number of carbonyl (C=O) groups is 1. The molecule has 0 amide bonds. The van der Waals surface area contributed by atoms with Gasteiger partial charge in [0.1, 0.15) is 11.5 Å². The number of benzene rings is 1. The molecule has 6 nitrogen and oxygen atoms in total. The van der Waals surface area contributed by atoms with Gasteiger partial charge in [-0.3, -0.25) is 4.79 Å². The van der Waals surface area contributed by atoms with Crippen molar-refractivity contribution in [3.63, 3.8) is 0 Å². The van der Waals surface area contributed by atoms with Gasteiger partial charge in [-0.2, -0.15) is 0 Å². The summed E-state index contributed by atoms with van der Waals surface area (Å²) in [5.74, 6) is 1.33. The zero-order valence-corrected chi connectivity index (χ0v) is 13.3. The summed E-state index contributed by atoms with van der Waals surface area (Å²) < 4.78 is 0. The van der Waals surface area contributed by atoms with Crippen LogP contribution in [0.2, 0.25) is 0 Å². The largest absolute Gasteiger partial charge is 0.391 e. The van der Waals surface area contributed by atoms with E-state index in [2.05, 4.69) is 9.97 Å².